The maximum atomic E-state index is 10.1. The molecule has 0 aromatic heterocycles. The van der Waals surface area contributed by atoms with Crippen LogP contribution in [0.1, 0.15) is 91.4 Å². The summed E-state index contributed by atoms with van der Waals surface area (Å²) in [5, 5.41) is 19.7. The first-order valence-corrected chi connectivity index (χ1v) is 8.49. The Kier molecular flexibility index (Phi) is 12.9. The molecule has 0 aromatic rings. The smallest absolute Gasteiger partial charge is 0.0824 e. The third-order valence-electron chi connectivity index (χ3n) is 4.08. The lowest BCUT2D eigenvalue weighted by Gasteiger charge is -2.25. The highest BCUT2D eigenvalue weighted by molar-refractivity contribution is 4.73. The van der Waals surface area contributed by atoms with Crippen molar-refractivity contribution in [2.75, 3.05) is 0 Å². The van der Waals surface area contributed by atoms with Crippen LogP contribution < -0.4 is 0 Å². The van der Waals surface area contributed by atoms with Crippen molar-refractivity contribution in [1.82, 2.24) is 0 Å². The van der Waals surface area contributed by atoms with Crippen molar-refractivity contribution in [3.8, 4) is 0 Å². The molecule has 0 saturated heterocycles. The Balaban J connectivity index is 3.90. The Morgan fingerprint density at radius 2 is 1.11 bits per heavy atom. The lowest BCUT2D eigenvalue weighted by atomic mass is 9.87. The van der Waals surface area contributed by atoms with Crippen LogP contribution in [-0.4, -0.2) is 22.4 Å². The van der Waals surface area contributed by atoms with Gasteiger partial charge < -0.3 is 10.2 Å². The van der Waals surface area contributed by atoms with E-state index in [0.29, 0.717) is 5.92 Å². The minimum atomic E-state index is -0.591. The molecule has 0 radical (unpaired) electrons. The normalized spacial score (nSPS) is 16.3. The number of aliphatic hydroxyl groups is 2. The molecule has 0 aliphatic rings. The molecule has 0 rings (SSSR count). The van der Waals surface area contributed by atoms with Gasteiger partial charge in [-0.15, -0.1) is 0 Å². The molecule has 1 unspecified atom stereocenters. The maximum Gasteiger partial charge on any atom is 0.0824 e. The van der Waals surface area contributed by atoms with E-state index in [1.165, 1.54) is 57.8 Å². The summed E-state index contributed by atoms with van der Waals surface area (Å²) < 4.78 is 0. The zero-order chi connectivity index (χ0) is 14.5. The molecule has 0 saturated carbocycles. The number of rotatable bonds is 13. The molecule has 3 atom stereocenters. The number of hydrogen-bond donors (Lipinski definition) is 2. The minimum absolute atomic E-state index is 0.290. The Morgan fingerprint density at radius 1 is 0.684 bits per heavy atom. The van der Waals surface area contributed by atoms with Crippen molar-refractivity contribution >= 4 is 0 Å². The number of unbranched alkanes of at least 4 members (excludes halogenated alkanes) is 7. The maximum absolute atomic E-state index is 10.1. The van der Waals surface area contributed by atoms with Crippen molar-refractivity contribution in [3.05, 3.63) is 0 Å². The van der Waals surface area contributed by atoms with Crippen LogP contribution in [0, 0.1) is 5.92 Å². The lowest BCUT2D eigenvalue weighted by molar-refractivity contribution is -0.0134. The zero-order valence-electron chi connectivity index (χ0n) is 13.4. The van der Waals surface area contributed by atoms with E-state index >= 15 is 0 Å². The monoisotopic (exact) mass is 272 g/mol. The molecule has 0 aliphatic carbocycles. The second kappa shape index (κ2) is 12.9. The SMILES string of the molecule is CCCCCCCC(CCCCCC)[C@@H](O)[C@H](C)O. The summed E-state index contributed by atoms with van der Waals surface area (Å²) in [6, 6.07) is 0. The van der Waals surface area contributed by atoms with E-state index in [1.54, 1.807) is 6.92 Å². The fourth-order valence-corrected chi connectivity index (χ4v) is 2.72. The quantitative estimate of drug-likeness (QED) is 0.478. The van der Waals surface area contributed by atoms with E-state index in [4.69, 9.17) is 0 Å². The summed E-state index contributed by atoms with van der Waals surface area (Å²) in [4.78, 5) is 0. The third-order valence-corrected chi connectivity index (χ3v) is 4.08. The molecule has 0 aromatic carbocycles. The van der Waals surface area contributed by atoms with Gasteiger partial charge in [-0.05, 0) is 25.7 Å². The van der Waals surface area contributed by atoms with E-state index in [2.05, 4.69) is 13.8 Å². The molecule has 2 heteroatoms. The first-order chi connectivity index (χ1) is 9.13. The van der Waals surface area contributed by atoms with E-state index < -0.39 is 12.2 Å². The van der Waals surface area contributed by atoms with Crippen molar-refractivity contribution < 1.29 is 10.2 Å². The Bertz CT molecular complexity index is 180. The van der Waals surface area contributed by atoms with E-state index in [1.807, 2.05) is 0 Å². The van der Waals surface area contributed by atoms with Crippen LogP contribution in [0.2, 0.25) is 0 Å². The zero-order valence-corrected chi connectivity index (χ0v) is 13.4. The van der Waals surface area contributed by atoms with E-state index in [-0.39, 0.29) is 0 Å². The van der Waals surface area contributed by atoms with Crippen LogP contribution in [0.3, 0.4) is 0 Å². The predicted molar refractivity (Wildman–Crippen MR) is 83.3 cm³/mol. The molecular weight excluding hydrogens is 236 g/mol. The van der Waals surface area contributed by atoms with Crippen LogP contribution in [-0.2, 0) is 0 Å². The lowest BCUT2D eigenvalue weighted by Crippen LogP contribution is -2.31. The molecule has 19 heavy (non-hydrogen) atoms. The summed E-state index contributed by atoms with van der Waals surface area (Å²) in [6.45, 7) is 6.16. The highest BCUT2D eigenvalue weighted by Gasteiger charge is 2.22. The van der Waals surface area contributed by atoms with Gasteiger partial charge >= 0.3 is 0 Å². The molecular formula is C17H36O2. The van der Waals surface area contributed by atoms with Gasteiger partial charge in [-0.3, -0.25) is 0 Å². The van der Waals surface area contributed by atoms with Crippen LogP contribution in [0.25, 0.3) is 0 Å². The van der Waals surface area contributed by atoms with Gasteiger partial charge in [0.2, 0.25) is 0 Å². The third kappa shape index (κ3) is 10.4. The average molecular weight is 272 g/mol. The van der Waals surface area contributed by atoms with Crippen LogP contribution >= 0.6 is 0 Å². The predicted octanol–water partition coefficient (Wildman–Crippen LogP) is 4.68. The van der Waals surface area contributed by atoms with Crippen LogP contribution in [0.15, 0.2) is 0 Å². The summed E-state index contributed by atoms with van der Waals surface area (Å²) in [6.07, 6.45) is 12.4. The molecule has 2 N–H and O–H groups in total. The van der Waals surface area contributed by atoms with Crippen LogP contribution in [0.4, 0.5) is 0 Å². The Hall–Kier alpha value is -0.0800. The summed E-state index contributed by atoms with van der Waals surface area (Å²) in [5.41, 5.74) is 0. The highest BCUT2D eigenvalue weighted by Crippen LogP contribution is 2.23. The fourth-order valence-electron chi connectivity index (χ4n) is 2.72. The van der Waals surface area contributed by atoms with Gasteiger partial charge in [-0.25, -0.2) is 0 Å². The first kappa shape index (κ1) is 18.9. The molecule has 0 aliphatic heterocycles. The Labute approximate surface area is 120 Å². The number of aliphatic hydroxyl groups excluding tert-OH is 2. The van der Waals surface area contributed by atoms with Gasteiger partial charge in [0.25, 0.3) is 0 Å². The van der Waals surface area contributed by atoms with Crippen LogP contribution in [0.5, 0.6) is 0 Å². The summed E-state index contributed by atoms with van der Waals surface area (Å²) >= 11 is 0. The minimum Gasteiger partial charge on any atom is -0.391 e. The highest BCUT2D eigenvalue weighted by atomic mass is 16.3. The molecule has 2 nitrogen and oxygen atoms in total. The second-order valence-electron chi connectivity index (χ2n) is 6.04. The summed E-state index contributed by atoms with van der Waals surface area (Å²) in [5.74, 6) is 0.290. The van der Waals surface area contributed by atoms with Gasteiger partial charge in [0.15, 0.2) is 0 Å². The molecule has 0 fully saturated rings. The summed E-state index contributed by atoms with van der Waals surface area (Å²) in [7, 11) is 0. The van der Waals surface area contributed by atoms with E-state index in [9.17, 15) is 10.2 Å². The first-order valence-electron chi connectivity index (χ1n) is 8.49. The molecule has 0 spiro atoms. The van der Waals surface area contributed by atoms with E-state index in [0.717, 1.165) is 12.8 Å². The van der Waals surface area contributed by atoms with Gasteiger partial charge in [0, 0.05) is 0 Å². The average Bonchev–Trinajstić information content (AvgIpc) is 2.40. The second-order valence-corrected chi connectivity index (χ2v) is 6.04. The van der Waals surface area contributed by atoms with Gasteiger partial charge in [0.05, 0.1) is 12.2 Å². The van der Waals surface area contributed by atoms with Gasteiger partial charge in [-0.1, -0.05) is 71.6 Å². The molecule has 0 bridgehead atoms. The molecule has 0 heterocycles. The van der Waals surface area contributed by atoms with Crippen molar-refractivity contribution in [1.29, 1.82) is 0 Å². The standard InChI is InChI=1S/C17H36O2/c1-4-6-8-10-12-14-16(17(19)15(3)18)13-11-9-7-5-2/h15-19H,4-14H2,1-3H3/t15-,16?,17-/m0/s1. The fraction of sp³-hybridized carbons (Fsp3) is 1.00. The number of hydrogen-bond acceptors (Lipinski definition) is 2. The van der Waals surface area contributed by atoms with Gasteiger partial charge in [-0.2, -0.15) is 0 Å². The van der Waals surface area contributed by atoms with Gasteiger partial charge in [0.1, 0.15) is 0 Å². The van der Waals surface area contributed by atoms with Crippen molar-refractivity contribution in [3.63, 3.8) is 0 Å². The molecule has 0 amide bonds. The van der Waals surface area contributed by atoms with Crippen molar-refractivity contribution in [2.45, 2.75) is 104 Å². The molecule has 116 valence electrons. The Morgan fingerprint density at radius 3 is 1.53 bits per heavy atom. The largest absolute Gasteiger partial charge is 0.391 e. The van der Waals surface area contributed by atoms with Crippen molar-refractivity contribution in [2.24, 2.45) is 5.92 Å². The topological polar surface area (TPSA) is 40.5 Å².